The van der Waals surface area contributed by atoms with Gasteiger partial charge in [-0.2, -0.15) is 0 Å². The van der Waals surface area contributed by atoms with Gasteiger partial charge in [0.25, 0.3) is 11.8 Å². The van der Waals surface area contributed by atoms with Crippen LogP contribution in [0.1, 0.15) is 65.1 Å². The van der Waals surface area contributed by atoms with Crippen molar-refractivity contribution in [2.24, 2.45) is 0 Å². The van der Waals surface area contributed by atoms with Crippen molar-refractivity contribution in [1.29, 1.82) is 0 Å². The van der Waals surface area contributed by atoms with Gasteiger partial charge >= 0.3 is 6.09 Å². The van der Waals surface area contributed by atoms with E-state index in [0.29, 0.717) is 11.1 Å². The van der Waals surface area contributed by atoms with Crippen molar-refractivity contribution in [3.8, 4) is 0 Å². The Kier molecular flexibility index (Phi) is 8.22. The van der Waals surface area contributed by atoms with Crippen LogP contribution in [0.5, 0.6) is 0 Å². The lowest BCUT2D eigenvalue weighted by atomic mass is 10.0. The van der Waals surface area contributed by atoms with Crippen LogP contribution in [0.4, 0.5) is 4.79 Å². The van der Waals surface area contributed by atoms with Gasteiger partial charge in [-0.05, 0) is 93.5 Å². The molecule has 0 radical (unpaired) electrons. The summed E-state index contributed by atoms with van der Waals surface area (Å²) in [5, 5.41) is 2.01. The molecule has 0 atom stereocenters. The number of halogens is 1. The Morgan fingerprint density at radius 2 is 1.45 bits per heavy atom. The molecule has 0 bridgehead atoms. The molecule has 0 heterocycles. The van der Waals surface area contributed by atoms with Crippen molar-refractivity contribution in [3.63, 3.8) is 0 Å². The highest BCUT2D eigenvalue weighted by Gasteiger charge is 2.41. The molecule has 0 aliphatic rings. The van der Waals surface area contributed by atoms with Crippen molar-refractivity contribution in [3.05, 3.63) is 70.3 Å². The fourth-order valence-electron chi connectivity index (χ4n) is 3.28. The van der Waals surface area contributed by atoms with Crippen LogP contribution in [-0.2, 0) is 11.2 Å². The molecular formula is C24H29IN2O4. The first kappa shape index (κ1) is 24.8. The molecule has 0 unspecified atom stereocenters. The fourth-order valence-corrected chi connectivity index (χ4v) is 3.55. The monoisotopic (exact) mass is 536 g/mol. The van der Waals surface area contributed by atoms with Gasteiger partial charge in [0, 0.05) is 11.1 Å². The molecule has 0 N–H and O–H groups in total. The van der Waals surface area contributed by atoms with Crippen molar-refractivity contribution in [2.75, 3.05) is 4.61 Å². The first-order valence-electron chi connectivity index (χ1n) is 10.1. The predicted molar refractivity (Wildman–Crippen MR) is 129 cm³/mol. The number of hydrogen-bond donors (Lipinski definition) is 0. The third-order valence-electron chi connectivity index (χ3n) is 4.65. The number of hydrogen-bond acceptors (Lipinski definition) is 4. The van der Waals surface area contributed by atoms with E-state index in [1.54, 1.807) is 45.0 Å². The minimum absolute atomic E-state index is 0.0465. The molecule has 0 spiro atoms. The van der Waals surface area contributed by atoms with Gasteiger partial charge in [0.1, 0.15) is 4.61 Å². The molecule has 2 aromatic rings. The van der Waals surface area contributed by atoms with E-state index in [2.05, 4.69) is 0 Å². The number of carbonyl (C=O) groups excluding carboxylic acids is 3. The van der Waals surface area contributed by atoms with Crippen LogP contribution >= 0.6 is 22.6 Å². The second-order valence-electron chi connectivity index (χ2n) is 8.35. The second-order valence-corrected chi connectivity index (χ2v) is 8.97. The smallest absolute Gasteiger partial charge is 0.437 e. The molecule has 0 fully saturated rings. The molecular weight excluding hydrogens is 507 g/mol. The number of carbonyl (C=O) groups is 3. The van der Waals surface area contributed by atoms with Gasteiger partial charge in [-0.1, -0.05) is 36.2 Å². The molecule has 0 aliphatic heterocycles. The van der Waals surface area contributed by atoms with Crippen LogP contribution in [0.15, 0.2) is 42.5 Å². The van der Waals surface area contributed by atoms with Gasteiger partial charge in [-0.15, -0.1) is 5.01 Å². The van der Waals surface area contributed by atoms with Crippen LogP contribution in [0.3, 0.4) is 0 Å². The Hall–Kier alpha value is -2.42. The second kappa shape index (κ2) is 10.3. The Balaban J connectivity index is 2.60. The molecule has 3 amide bonds. The minimum atomic E-state index is -0.897. The van der Waals surface area contributed by atoms with Gasteiger partial charge in [-0.25, -0.2) is 9.80 Å². The lowest BCUT2D eigenvalue weighted by Gasteiger charge is -2.41. The van der Waals surface area contributed by atoms with Crippen LogP contribution in [0.25, 0.3) is 0 Å². The van der Waals surface area contributed by atoms with Crippen molar-refractivity contribution < 1.29 is 19.1 Å². The number of nitrogens with zero attached hydrogens (tertiary/aromatic N) is 2. The quantitative estimate of drug-likeness (QED) is 0.286. The summed E-state index contributed by atoms with van der Waals surface area (Å²) in [6.45, 7) is 11.1. The number of aryl methyl sites for hydroxylation is 3. The van der Waals surface area contributed by atoms with Crippen LogP contribution in [0, 0.1) is 13.8 Å². The van der Waals surface area contributed by atoms with E-state index < -0.39 is 23.4 Å². The van der Waals surface area contributed by atoms with Crippen LogP contribution < -0.4 is 0 Å². The van der Waals surface area contributed by atoms with E-state index in [4.69, 9.17) is 4.74 Å². The van der Waals surface area contributed by atoms with Gasteiger partial charge < -0.3 is 4.74 Å². The summed E-state index contributed by atoms with van der Waals surface area (Å²) in [6.07, 6.45) is -0.0689. The zero-order chi connectivity index (χ0) is 23.3. The zero-order valence-electron chi connectivity index (χ0n) is 18.9. The predicted octanol–water partition coefficient (Wildman–Crippen LogP) is 5.69. The summed E-state index contributed by atoms with van der Waals surface area (Å²) < 4.78 is 5.21. The summed E-state index contributed by atoms with van der Waals surface area (Å²) in [4.78, 5) is 40.0. The minimum Gasteiger partial charge on any atom is -0.437 e. The third-order valence-corrected chi connectivity index (χ3v) is 4.96. The topological polar surface area (TPSA) is 66.9 Å². The average Bonchev–Trinajstić information content (AvgIpc) is 2.69. The molecule has 0 saturated carbocycles. The van der Waals surface area contributed by atoms with Crippen molar-refractivity contribution >= 4 is 40.5 Å². The molecule has 0 aromatic heterocycles. The lowest BCUT2D eigenvalue weighted by molar-refractivity contribution is -0.0367. The number of benzene rings is 2. The SMILES string of the molecule is CCc1ccc(C(=O)N(C(=O)OCI)N(C(=O)c2cc(C)cc(C)c2)C(C)(C)C)cc1. The van der Waals surface area contributed by atoms with E-state index in [9.17, 15) is 14.4 Å². The van der Waals surface area contributed by atoms with E-state index in [1.807, 2.05) is 61.6 Å². The standard InChI is InChI=1S/C24H29IN2O4/c1-7-18-8-10-19(11-9-18)21(28)26(23(30)31-15-25)27(24(4,5)6)22(29)20-13-16(2)12-17(3)14-20/h8-14H,7,15H2,1-6H3. The largest absolute Gasteiger partial charge is 0.437 e. The van der Waals surface area contributed by atoms with Crippen LogP contribution in [-0.4, -0.2) is 38.1 Å². The number of alkyl halides is 1. The molecule has 2 aromatic carbocycles. The van der Waals surface area contributed by atoms with Gasteiger partial charge in [0.15, 0.2) is 0 Å². The number of rotatable bonds is 4. The zero-order valence-corrected chi connectivity index (χ0v) is 21.0. The van der Waals surface area contributed by atoms with Gasteiger partial charge in [0.05, 0.1) is 5.54 Å². The molecule has 31 heavy (non-hydrogen) atoms. The summed E-state index contributed by atoms with van der Waals surface area (Å²) in [5.74, 6) is -1.08. The highest BCUT2D eigenvalue weighted by molar-refractivity contribution is 14.1. The summed E-state index contributed by atoms with van der Waals surface area (Å²) in [6, 6.07) is 12.4. The Labute approximate surface area is 197 Å². The molecule has 2 rings (SSSR count). The maximum atomic E-state index is 13.6. The Morgan fingerprint density at radius 1 is 0.903 bits per heavy atom. The fraction of sp³-hybridized carbons (Fsp3) is 0.375. The lowest BCUT2D eigenvalue weighted by Crippen LogP contribution is -2.60. The molecule has 166 valence electrons. The van der Waals surface area contributed by atoms with E-state index in [1.165, 1.54) is 5.01 Å². The summed E-state index contributed by atoms with van der Waals surface area (Å²) in [5.41, 5.74) is 2.72. The molecule has 7 heteroatoms. The number of hydrazine groups is 1. The molecule has 0 saturated heterocycles. The van der Waals surface area contributed by atoms with E-state index in [-0.39, 0.29) is 4.61 Å². The summed E-state index contributed by atoms with van der Waals surface area (Å²) >= 11 is 1.88. The normalized spacial score (nSPS) is 11.1. The highest BCUT2D eigenvalue weighted by atomic mass is 127. The maximum Gasteiger partial charge on any atom is 0.437 e. The van der Waals surface area contributed by atoms with Crippen molar-refractivity contribution in [1.82, 2.24) is 10.0 Å². The first-order chi connectivity index (χ1) is 14.5. The van der Waals surface area contributed by atoms with Gasteiger partial charge in [0.2, 0.25) is 0 Å². The third kappa shape index (κ3) is 6.06. The van der Waals surface area contributed by atoms with Crippen LogP contribution in [0.2, 0.25) is 0 Å². The molecule has 6 nitrogen and oxygen atoms in total. The highest BCUT2D eigenvalue weighted by Crippen LogP contribution is 2.24. The van der Waals surface area contributed by atoms with E-state index >= 15 is 0 Å². The number of amides is 3. The number of ether oxygens (including phenoxy) is 1. The average molecular weight is 536 g/mol. The Bertz CT molecular complexity index is 944. The van der Waals surface area contributed by atoms with Gasteiger partial charge in [-0.3, -0.25) is 9.59 Å². The number of imide groups is 1. The summed E-state index contributed by atoms with van der Waals surface area (Å²) in [7, 11) is 0. The maximum absolute atomic E-state index is 13.6. The van der Waals surface area contributed by atoms with Crippen molar-refractivity contribution in [2.45, 2.75) is 53.5 Å². The Morgan fingerprint density at radius 3 is 1.90 bits per heavy atom. The molecule has 0 aliphatic carbocycles. The first-order valence-corrected chi connectivity index (χ1v) is 11.6. The van der Waals surface area contributed by atoms with E-state index in [0.717, 1.165) is 28.1 Å².